The molecule has 0 fully saturated rings. The molecular formula is C30H31FN4O3S. The number of sulfonamides is 1. The van der Waals surface area contributed by atoms with E-state index < -0.39 is 21.9 Å². The Bertz CT molecular complexity index is 1570. The van der Waals surface area contributed by atoms with Gasteiger partial charge in [0.1, 0.15) is 11.6 Å². The molecule has 1 aromatic heterocycles. The van der Waals surface area contributed by atoms with Crippen LogP contribution in [0.25, 0.3) is 0 Å². The Balaban J connectivity index is 1.43. The fraction of sp³-hybridized carbons (Fsp3) is 0.267. The quantitative estimate of drug-likeness (QED) is 0.311. The maximum atomic E-state index is 13.7. The lowest BCUT2D eigenvalue weighted by molar-refractivity contribution is -0.119. The summed E-state index contributed by atoms with van der Waals surface area (Å²) in [6.45, 7) is 2.32. The number of halogens is 1. The molecule has 0 saturated heterocycles. The molecule has 9 heteroatoms. The SMILES string of the molecule is C[C@H](CC(=O)N(Cc1nccn1C)c1ccc2c(c1)[C@H](NS(=O)(=O)c1ccc(F)cc1)CC2)c1ccccc1. The average molecular weight is 547 g/mol. The third kappa shape index (κ3) is 5.94. The Hall–Kier alpha value is -3.82. The van der Waals surface area contributed by atoms with E-state index in [0.717, 1.165) is 34.6 Å². The molecule has 0 bridgehead atoms. The first-order valence-electron chi connectivity index (χ1n) is 12.9. The van der Waals surface area contributed by atoms with Crippen molar-refractivity contribution in [3.8, 4) is 0 Å². The number of nitrogens with zero attached hydrogens (tertiary/aromatic N) is 3. The van der Waals surface area contributed by atoms with Crippen LogP contribution in [0.5, 0.6) is 0 Å². The van der Waals surface area contributed by atoms with E-state index in [1.165, 1.54) is 12.1 Å². The van der Waals surface area contributed by atoms with Crippen LogP contribution in [0.15, 0.2) is 90.1 Å². The van der Waals surface area contributed by atoms with Gasteiger partial charge in [-0.15, -0.1) is 0 Å². The van der Waals surface area contributed by atoms with E-state index in [1.54, 1.807) is 11.1 Å². The van der Waals surface area contributed by atoms with Gasteiger partial charge in [0, 0.05) is 37.6 Å². The fourth-order valence-corrected chi connectivity index (χ4v) is 6.28. The minimum Gasteiger partial charge on any atom is -0.337 e. The van der Waals surface area contributed by atoms with Gasteiger partial charge in [-0.2, -0.15) is 0 Å². The maximum absolute atomic E-state index is 13.7. The third-order valence-electron chi connectivity index (χ3n) is 7.31. The number of benzene rings is 3. The van der Waals surface area contributed by atoms with Crippen LogP contribution in [0.1, 0.15) is 54.2 Å². The van der Waals surface area contributed by atoms with Gasteiger partial charge >= 0.3 is 0 Å². The number of aromatic nitrogens is 2. The topological polar surface area (TPSA) is 84.3 Å². The third-order valence-corrected chi connectivity index (χ3v) is 8.80. The highest BCUT2D eigenvalue weighted by molar-refractivity contribution is 7.89. The number of carbonyl (C=O) groups excluding carboxylic acids is 1. The van der Waals surface area contributed by atoms with E-state index in [1.807, 2.05) is 73.3 Å². The molecule has 0 radical (unpaired) electrons. The predicted octanol–water partition coefficient (Wildman–Crippen LogP) is 5.25. The van der Waals surface area contributed by atoms with Crippen LogP contribution in [0.4, 0.5) is 10.1 Å². The molecule has 0 saturated carbocycles. The Morgan fingerprint density at radius 2 is 1.87 bits per heavy atom. The highest BCUT2D eigenvalue weighted by atomic mass is 32.2. The zero-order valence-electron chi connectivity index (χ0n) is 21.9. The van der Waals surface area contributed by atoms with Crippen molar-refractivity contribution in [3.63, 3.8) is 0 Å². The second-order valence-electron chi connectivity index (χ2n) is 10.00. The summed E-state index contributed by atoms with van der Waals surface area (Å²) in [6, 6.07) is 20.1. The highest BCUT2D eigenvalue weighted by Crippen LogP contribution is 2.36. The van der Waals surface area contributed by atoms with Crippen molar-refractivity contribution in [2.45, 2.75) is 49.6 Å². The number of fused-ring (bicyclic) bond motifs is 1. The van der Waals surface area contributed by atoms with Gasteiger partial charge < -0.3 is 9.47 Å². The van der Waals surface area contributed by atoms with Gasteiger partial charge in [0.15, 0.2) is 0 Å². The van der Waals surface area contributed by atoms with E-state index in [-0.39, 0.29) is 23.3 Å². The number of anilines is 1. The lowest BCUT2D eigenvalue weighted by Gasteiger charge is -2.26. The number of imidazole rings is 1. The normalized spacial score (nSPS) is 15.6. The fourth-order valence-electron chi connectivity index (χ4n) is 5.03. The largest absolute Gasteiger partial charge is 0.337 e. The molecule has 1 aliphatic rings. The molecule has 39 heavy (non-hydrogen) atoms. The minimum atomic E-state index is -3.86. The molecule has 7 nitrogen and oxygen atoms in total. The smallest absolute Gasteiger partial charge is 0.241 e. The molecule has 0 unspecified atom stereocenters. The van der Waals surface area contributed by atoms with E-state index in [0.29, 0.717) is 24.9 Å². The van der Waals surface area contributed by atoms with Crippen molar-refractivity contribution in [1.82, 2.24) is 14.3 Å². The lowest BCUT2D eigenvalue weighted by Crippen LogP contribution is -2.32. The van der Waals surface area contributed by atoms with Gasteiger partial charge in [-0.05, 0) is 71.8 Å². The Kier molecular flexibility index (Phi) is 7.63. The van der Waals surface area contributed by atoms with Crippen LogP contribution in [-0.2, 0) is 34.8 Å². The lowest BCUT2D eigenvalue weighted by atomic mass is 9.97. The monoisotopic (exact) mass is 546 g/mol. The van der Waals surface area contributed by atoms with Crippen LogP contribution in [0, 0.1) is 5.82 Å². The molecule has 4 aromatic rings. The van der Waals surface area contributed by atoms with Crippen LogP contribution < -0.4 is 9.62 Å². The zero-order chi connectivity index (χ0) is 27.6. The number of amides is 1. The van der Waals surface area contributed by atoms with E-state index in [9.17, 15) is 17.6 Å². The van der Waals surface area contributed by atoms with Crippen LogP contribution >= 0.6 is 0 Å². The summed E-state index contributed by atoms with van der Waals surface area (Å²) in [5.41, 5.74) is 3.65. The van der Waals surface area contributed by atoms with Gasteiger partial charge in [0.2, 0.25) is 15.9 Å². The van der Waals surface area contributed by atoms with Gasteiger partial charge in [-0.1, -0.05) is 43.3 Å². The summed E-state index contributed by atoms with van der Waals surface area (Å²) in [4.78, 5) is 19.9. The number of nitrogens with one attached hydrogen (secondary N) is 1. The summed E-state index contributed by atoms with van der Waals surface area (Å²) >= 11 is 0. The van der Waals surface area contributed by atoms with E-state index in [2.05, 4.69) is 9.71 Å². The molecule has 1 N–H and O–H groups in total. The zero-order valence-corrected chi connectivity index (χ0v) is 22.7. The Labute approximate surface area is 228 Å². The van der Waals surface area contributed by atoms with Gasteiger partial charge in [-0.25, -0.2) is 22.5 Å². The van der Waals surface area contributed by atoms with Crippen molar-refractivity contribution in [2.24, 2.45) is 7.05 Å². The molecule has 202 valence electrons. The first kappa shape index (κ1) is 26.8. The number of carbonyl (C=O) groups is 1. The predicted molar refractivity (Wildman–Crippen MR) is 148 cm³/mol. The number of rotatable bonds is 9. The molecule has 2 atom stereocenters. The summed E-state index contributed by atoms with van der Waals surface area (Å²) in [6.07, 6.45) is 5.16. The molecule has 1 aliphatic carbocycles. The molecular weight excluding hydrogens is 515 g/mol. The van der Waals surface area contributed by atoms with E-state index >= 15 is 0 Å². The van der Waals surface area contributed by atoms with Gasteiger partial charge in [0.05, 0.1) is 11.4 Å². The second-order valence-corrected chi connectivity index (χ2v) is 11.7. The average Bonchev–Trinajstić information content (AvgIpc) is 3.52. The second kappa shape index (κ2) is 11.1. The number of hydrogen-bond acceptors (Lipinski definition) is 4. The molecule has 0 aliphatic heterocycles. The Morgan fingerprint density at radius 1 is 1.13 bits per heavy atom. The first-order valence-corrected chi connectivity index (χ1v) is 14.4. The number of aryl methyl sites for hydroxylation is 2. The highest BCUT2D eigenvalue weighted by Gasteiger charge is 2.29. The van der Waals surface area contributed by atoms with Gasteiger partial charge in [0.25, 0.3) is 0 Å². The summed E-state index contributed by atoms with van der Waals surface area (Å²) in [5, 5.41) is 0. The van der Waals surface area contributed by atoms with Crippen molar-refractivity contribution in [1.29, 1.82) is 0 Å². The minimum absolute atomic E-state index is 0.00925. The summed E-state index contributed by atoms with van der Waals surface area (Å²) in [7, 11) is -1.97. The standard InChI is InChI=1S/C30H31FN4O3S/c1-21(22-6-4-3-5-7-22)18-30(36)35(20-29-32-16-17-34(29)2)25-12-8-23-9-15-28(27(23)19-25)33-39(37,38)26-13-10-24(31)11-14-26/h3-8,10-14,16-17,19,21,28,33H,9,15,18,20H2,1-2H3/t21-,28-/m1/s1. The molecule has 5 rings (SSSR count). The number of hydrogen-bond donors (Lipinski definition) is 1. The van der Waals surface area contributed by atoms with Crippen LogP contribution in [0.3, 0.4) is 0 Å². The van der Waals surface area contributed by atoms with Crippen LogP contribution in [-0.4, -0.2) is 23.9 Å². The molecule has 3 aromatic carbocycles. The summed E-state index contributed by atoms with van der Waals surface area (Å²) in [5.74, 6) is 0.219. The van der Waals surface area contributed by atoms with Crippen molar-refractivity contribution in [2.75, 3.05) is 4.90 Å². The van der Waals surface area contributed by atoms with Crippen molar-refractivity contribution < 1.29 is 17.6 Å². The van der Waals surface area contributed by atoms with Crippen molar-refractivity contribution in [3.05, 3.63) is 114 Å². The maximum Gasteiger partial charge on any atom is 0.241 e. The molecule has 1 amide bonds. The van der Waals surface area contributed by atoms with Crippen LogP contribution in [0.2, 0.25) is 0 Å². The Morgan fingerprint density at radius 3 is 2.56 bits per heavy atom. The van der Waals surface area contributed by atoms with Crippen molar-refractivity contribution >= 4 is 21.6 Å². The van der Waals surface area contributed by atoms with Gasteiger partial charge in [-0.3, -0.25) is 4.79 Å². The molecule has 0 spiro atoms. The molecule has 1 heterocycles. The van der Waals surface area contributed by atoms with E-state index in [4.69, 9.17) is 0 Å². The summed E-state index contributed by atoms with van der Waals surface area (Å²) < 4.78 is 44.1. The first-order chi connectivity index (χ1) is 18.7.